The first-order valence-electron chi connectivity index (χ1n) is 18.3. The molecule has 4 aromatic rings. The van der Waals surface area contributed by atoms with Crippen molar-refractivity contribution in [2.75, 3.05) is 13.2 Å². The fourth-order valence-electron chi connectivity index (χ4n) is 5.73. The van der Waals surface area contributed by atoms with Gasteiger partial charge in [0.15, 0.2) is 0 Å². The summed E-state index contributed by atoms with van der Waals surface area (Å²) in [5, 5.41) is 0. The molecule has 2 aromatic carbocycles. The maximum Gasteiger partial charge on any atom is 0.119 e. The lowest BCUT2D eigenvalue weighted by Gasteiger charge is -2.08. The van der Waals surface area contributed by atoms with Gasteiger partial charge in [0.2, 0.25) is 0 Å². The molecule has 0 N–H and O–H groups in total. The molecule has 48 heavy (non-hydrogen) atoms. The van der Waals surface area contributed by atoms with Crippen molar-refractivity contribution in [3.05, 3.63) is 106 Å². The summed E-state index contributed by atoms with van der Waals surface area (Å²) < 4.78 is 11.9. The average molecular weight is 645 g/mol. The Kier molecular flexibility index (Phi) is 16.0. The smallest absolute Gasteiger partial charge is 0.119 e. The molecule has 0 fully saturated rings. The molecule has 0 saturated carbocycles. The van der Waals surface area contributed by atoms with Gasteiger partial charge in [-0.25, -0.2) is 0 Å². The first-order chi connectivity index (χ1) is 23.5. The van der Waals surface area contributed by atoms with Crippen molar-refractivity contribution in [3.63, 3.8) is 0 Å². The zero-order chi connectivity index (χ0) is 33.8. The third-order valence-electron chi connectivity index (χ3n) is 8.44. The lowest BCUT2D eigenvalue weighted by molar-refractivity contribution is 0.304. The van der Waals surface area contributed by atoms with Crippen LogP contribution in [0.5, 0.6) is 11.5 Å². The number of hydrogen-bond acceptors (Lipinski definition) is 4. The van der Waals surface area contributed by atoms with Crippen LogP contribution in [0.25, 0.3) is 35.7 Å². The van der Waals surface area contributed by atoms with Crippen molar-refractivity contribution in [3.8, 4) is 22.9 Å². The molecule has 2 aromatic heterocycles. The van der Waals surface area contributed by atoms with Crippen LogP contribution in [0.15, 0.2) is 72.8 Å². The number of aromatic nitrogens is 2. The number of rotatable bonds is 21. The summed E-state index contributed by atoms with van der Waals surface area (Å²) >= 11 is 0. The zero-order valence-corrected chi connectivity index (χ0v) is 29.8. The van der Waals surface area contributed by atoms with E-state index in [0.717, 1.165) is 82.6 Å². The van der Waals surface area contributed by atoms with Crippen LogP contribution in [0.1, 0.15) is 125 Å². The van der Waals surface area contributed by atoms with Crippen LogP contribution >= 0.6 is 0 Å². The van der Waals surface area contributed by atoms with Crippen LogP contribution < -0.4 is 9.47 Å². The molecule has 0 amide bonds. The first kappa shape index (κ1) is 36.7. The molecule has 4 heteroatoms. The minimum absolute atomic E-state index is 0.785. The van der Waals surface area contributed by atoms with E-state index in [1.54, 1.807) is 0 Å². The Labute approximate surface area is 290 Å². The van der Waals surface area contributed by atoms with Crippen molar-refractivity contribution in [1.29, 1.82) is 0 Å². The molecule has 0 aliphatic carbocycles. The molecule has 0 radical (unpaired) electrons. The fraction of sp³-hybridized carbons (Fsp3) is 0.409. The maximum atomic E-state index is 5.96. The Morgan fingerprint density at radius 1 is 0.438 bits per heavy atom. The van der Waals surface area contributed by atoms with Gasteiger partial charge in [-0.1, -0.05) is 127 Å². The van der Waals surface area contributed by atoms with E-state index in [-0.39, 0.29) is 0 Å². The second-order valence-corrected chi connectivity index (χ2v) is 12.9. The van der Waals surface area contributed by atoms with E-state index in [2.05, 4.69) is 111 Å². The van der Waals surface area contributed by atoms with E-state index >= 15 is 0 Å². The molecule has 254 valence electrons. The molecule has 4 rings (SSSR count). The van der Waals surface area contributed by atoms with Gasteiger partial charge in [0.1, 0.15) is 11.5 Å². The van der Waals surface area contributed by atoms with Crippen molar-refractivity contribution >= 4 is 24.3 Å². The second-order valence-electron chi connectivity index (χ2n) is 12.9. The van der Waals surface area contributed by atoms with E-state index in [0.29, 0.717) is 0 Å². The molecule has 0 unspecified atom stereocenters. The predicted octanol–water partition coefficient (Wildman–Crippen LogP) is 12.6. The molecule has 0 saturated heterocycles. The number of benzene rings is 2. The van der Waals surface area contributed by atoms with Crippen molar-refractivity contribution in [2.45, 2.75) is 105 Å². The lowest BCUT2D eigenvalue weighted by atomic mass is 10.1. The third kappa shape index (κ3) is 13.5. The van der Waals surface area contributed by atoms with Gasteiger partial charge < -0.3 is 9.47 Å². The molecular formula is C44H56N2O2. The van der Waals surface area contributed by atoms with Gasteiger partial charge >= 0.3 is 0 Å². The van der Waals surface area contributed by atoms with E-state index in [1.807, 2.05) is 13.8 Å². The van der Waals surface area contributed by atoms with E-state index < -0.39 is 0 Å². The number of ether oxygens (including phenoxy) is 2. The Morgan fingerprint density at radius 2 is 0.792 bits per heavy atom. The average Bonchev–Trinajstić information content (AvgIpc) is 3.09. The molecule has 0 spiro atoms. The number of nitrogens with zero attached hydrogens (tertiary/aromatic N) is 2. The van der Waals surface area contributed by atoms with Gasteiger partial charge in [-0.2, -0.15) is 0 Å². The lowest BCUT2D eigenvalue weighted by Crippen LogP contribution is -1.97. The maximum absolute atomic E-state index is 5.96. The number of hydrogen-bond donors (Lipinski definition) is 0. The normalized spacial score (nSPS) is 11.5. The Hall–Kier alpha value is -4.18. The quantitative estimate of drug-likeness (QED) is 0.0847. The van der Waals surface area contributed by atoms with E-state index in [4.69, 9.17) is 19.4 Å². The molecular weight excluding hydrogens is 588 g/mol. The van der Waals surface area contributed by atoms with Gasteiger partial charge in [-0.05, 0) is 97.5 Å². The summed E-state index contributed by atoms with van der Waals surface area (Å²) in [5.74, 6) is 1.87. The zero-order valence-electron chi connectivity index (χ0n) is 29.8. The van der Waals surface area contributed by atoms with Crippen LogP contribution in [0, 0.1) is 13.8 Å². The van der Waals surface area contributed by atoms with Crippen molar-refractivity contribution in [1.82, 2.24) is 9.97 Å². The summed E-state index contributed by atoms with van der Waals surface area (Å²) in [6.45, 7) is 10.1. The molecule has 0 aliphatic heterocycles. The monoisotopic (exact) mass is 644 g/mol. The third-order valence-corrected chi connectivity index (χ3v) is 8.44. The van der Waals surface area contributed by atoms with Crippen LogP contribution in [0.3, 0.4) is 0 Å². The summed E-state index contributed by atoms with van der Waals surface area (Å²) in [5.41, 5.74) is 8.14. The summed E-state index contributed by atoms with van der Waals surface area (Å²) in [4.78, 5) is 9.67. The van der Waals surface area contributed by atoms with Gasteiger partial charge in [0.25, 0.3) is 0 Å². The first-order valence-corrected chi connectivity index (χ1v) is 18.3. The Balaban J connectivity index is 1.32. The highest BCUT2D eigenvalue weighted by Gasteiger charge is 2.07. The summed E-state index contributed by atoms with van der Waals surface area (Å²) in [7, 11) is 0. The molecule has 0 atom stereocenters. The number of pyridine rings is 2. The highest BCUT2D eigenvalue weighted by molar-refractivity contribution is 5.74. The fourth-order valence-corrected chi connectivity index (χ4v) is 5.73. The molecule has 0 bridgehead atoms. The van der Waals surface area contributed by atoms with Crippen molar-refractivity contribution in [2.24, 2.45) is 0 Å². The SMILES string of the molecule is CCCCCCCCOc1ccc(/C=C/c2cc(C)nc(-c3cc(/C=C/c4ccc(OCCCCCCCC)cc4)cc(C)n3)c2)cc1. The highest BCUT2D eigenvalue weighted by atomic mass is 16.5. The molecule has 0 aliphatic rings. The molecule has 2 heterocycles. The largest absolute Gasteiger partial charge is 0.494 e. The number of aryl methyl sites for hydroxylation is 2. The van der Waals surface area contributed by atoms with Crippen LogP contribution in [0.4, 0.5) is 0 Å². The van der Waals surface area contributed by atoms with Gasteiger partial charge in [0.05, 0.1) is 24.6 Å². The van der Waals surface area contributed by atoms with Gasteiger partial charge in [-0.15, -0.1) is 0 Å². The van der Waals surface area contributed by atoms with E-state index in [9.17, 15) is 0 Å². The Morgan fingerprint density at radius 3 is 1.19 bits per heavy atom. The van der Waals surface area contributed by atoms with Crippen LogP contribution in [0.2, 0.25) is 0 Å². The number of unbranched alkanes of at least 4 members (excludes halogenated alkanes) is 10. The van der Waals surface area contributed by atoms with Gasteiger partial charge in [0, 0.05) is 11.4 Å². The van der Waals surface area contributed by atoms with Crippen LogP contribution in [-0.4, -0.2) is 23.2 Å². The standard InChI is InChI=1S/C44H56N2O2/c1-5-7-9-11-13-15-29-47-41-25-21-37(22-26-41)17-19-39-31-35(3)45-43(33-39)44-34-40(32-36(4)46-44)20-18-38-23-27-42(28-24-38)48-30-16-14-12-10-8-6-2/h17-28,31-34H,5-16,29-30H2,1-4H3/b19-17+,20-18+. The van der Waals surface area contributed by atoms with Gasteiger partial charge in [-0.3, -0.25) is 9.97 Å². The Bertz CT molecular complexity index is 1440. The molecule has 4 nitrogen and oxygen atoms in total. The highest BCUT2D eigenvalue weighted by Crippen LogP contribution is 2.23. The second kappa shape index (κ2) is 20.9. The summed E-state index contributed by atoms with van der Waals surface area (Å²) in [6.07, 6.45) is 23.8. The predicted molar refractivity (Wildman–Crippen MR) is 205 cm³/mol. The topological polar surface area (TPSA) is 44.2 Å². The summed E-state index contributed by atoms with van der Waals surface area (Å²) in [6, 6.07) is 25.1. The van der Waals surface area contributed by atoms with E-state index in [1.165, 1.54) is 64.2 Å². The minimum Gasteiger partial charge on any atom is -0.494 e. The van der Waals surface area contributed by atoms with Crippen molar-refractivity contribution < 1.29 is 9.47 Å². The van der Waals surface area contributed by atoms with Crippen LogP contribution in [-0.2, 0) is 0 Å². The minimum atomic E-state index is 0.785.